The first kappa shape index (κ1) is 26.2. The van der Waals surface area contributed by atoms with Crippen LogP contribution in [0.1, 0.15) is 37.4 Å². The minimum Gasteiger partial charge on any atom is -0.493 e. The van der Waals surface area contributed by atoms with Gasteiger partial charge in [-0.05, 0) is 48.4 Å². The van der Waals surface area contributed by atoms with Crippen molar-refractivity contribution >= 4 is 28.9 Å². The van der Waals surface area contributed by atoms with Crippen LogP contribution in [0.15, 0.2) is 57.5 Å². The summed E-state index contributed by atoms with van der Waals surface area (Å²) in [6.07, 6.45) is 2.14. The number of anilines is 1. The van der Waals surface area contributed by atoms with Crippen LogP contribution in [0.25, 0.3) is 6.08 Å². The first-order chi connectivity index (χ1) is 17.7. The van der Waals surface area contributed by atoms with E-state index >= 15 is 0 Å². The van der Waals surface area contributed by atoms with Gasteiger partial charge in [0.1, 0.15) is 0 Å². The number of rotatable bonds is 8. The molecule has 0 saturated carbocycles. The highest BCUT2D eigenvalue weighted by atomic mass is 32.1. The van der Waals surface area contributed by atoms with Crippen LogP contribution < -0.4 is 34.0 Å². The Morgan fingerprint density at radius 2 is 1.70 bits per heavy atom. The quantitative estimate of drug-likeness (QED) is 0.453. The monoisotopic (exact) mass is 521 g/mol. The molecule has 0 spiro atoms. The van der Waals surface area contributed by atoms with Crippen molar-refractivity contribution in [2.45, 2.75) is 26.3 Å². The zero-order valence-corrected chi connectivity index (χ0v) is 22.9. The molecule has 1 aliphatic rings. The molecule has 1 aromatic heterocycles. The number of ether oxygens (including phenoxy) is 3. The third kappa shape index (κ3) is 4.79. The van der Waals surface area contributed by atoms with E-state index in [1.54, 1.807) is 23.6 Å². The van der Waals surface area contributed by atoms with E-state index in [4.69, 9.17) is 14.2 Å². The van der Waals surface area contributed by atoms with Gasteiger partial charge in [-0.2, -0.15) is 0 Å². The van der Waals surface area contributed by atoms with Gasteiger partial charge in [0, 0.05) is 37.5 Å². The van der Waals surface area contributed by atoms with Crippen LogP contribution in [0.2, 0.25) is 0 Å². The van der Waals surface area contributed by atoms with E-state index in [-0.39, 0.29) is 17.8 Å². The zero-order chi connectivity index (χ0) is 26.9. The van der Waals surface area contributed by atoms with Crippen molar-refractivity contribution in [3.63, 3.8) is 0 Å². The van der Waals surface area contributed by atoms with E-state index in [0.717, 1.165) is 11.3 Å². The highest BCUT2D eigenvalue weighted by Crippen LogP contribution is 2.42. The molecule has 2 heterocycles. The predicted molar refractivity (Wildman–Crippen MR) is 146 cm³/mol. The summed E-state index contributed by atoms with van der Waals surface area (Å²) < 4.78 is 18.7. The minimum atomic E-state index is -0.685. The number of Topliss-reactive ketones (excluding diaryl/α,β-unsaturated/α-hetero) is 1. The molecule has 2 aromatic carbocycles. The third-order valence-electron chi connectivity index (χ3n) is 6.35. The smallest absolute Gasteiger partial charge is 0.271 e. The lowest BCUT2D eigenvalue weighted by Crippen LogP contribution is -2.39. The van der Waals surface area contributed by atoms with Gasteiger partial charge in [-0.25, -0.2) is 4.99 Å². The summed E-state index contributed by atoms with van der Waals surface area (Å²) in [7, 11) is 8.56. The van der Waals surface area contributed by atoms with Crippen LogP contribution in [0.5, 0.6) is 17.2 Å². The number of thiazole rings is 1. The number of allylic oxidation sites excluding steroid dienone is 2. The normalized spacial score (nSPS) is 15.2. The Bertz CT molecular complexity index is 1520. The summed E-state index contributed by atoms with van der Waals surface area (Å²) in [4.78, 5) is 34.2. The van der Waals surface area contributed by atoms with E-state index in [1.807, 2.05) is 56.3 Å². The van der Waals surface area contributed by atoms with Crippen LogP contribution in [0.4, 0.5) is 5.69 Å². The lowest BCUT2D eigenvalue weighted by atomic mass is 9.91. The second-order valence-corrected chi connectivity index (χ2v) is 9.81. The lowest BCUT2D eigenvalue weighted by Gasteiger charge is -2.26. The van der Waals surface area contributed by atoms with Gasteiger partial charge < -0.3 is 19.1 Å². The maximum atomic E-state index is 13.8. The molecule has 3 aromatic rings. The second-order valence-electron chi connectivity index (χ2n) is 8.80. The first-order valence-electron chi connectivity index (χ1n) is 11.9. The molecular formula is C28H31N3O5S. The summed E-state index contributed by atoms with van der Waals surface area (Å²) >= 11 is 1.30. The van der Waals surface area contributed by atoms with Crippen molar-refractivity contribution in [3.05, 3.63) is 78.5 Å². The molecule has 0 bridgehead atoms. The SMILES string of the molecule is CCC(=O)C1=C(C)N=c2s/c(=C\c3ccc(N(C)C)cc3)c(=O)n2C1c1cc(OC)c(OC)c(OC)c1. The summed E-state index contributed by atoms with van der Waals surface area (Å²) in [5.74, 6) is 1.25. The molecule has 0 N–H and O–H groups in total. The Morgan fingerprint density at radius 1 is 1.08 bits per heavy atom. The van der Waals surface area contributed by atoms with Crippen molar-refractivity contribution in [1.29, 1.82) is 0 Å². The molecule has 194 valence electrons. The molecule has 0 radical (unpaired) electrons. The number of aromatic nitrogens is 1. The van der Waals surface area contributed by atoms with Crippen LogP contribution >= 0.6 is 11.3 Å². The minimum absolute atomic E-state index is 0.0754. The summed E-state index contributed by atoms with van der Waals surface area (Å²) in [6, 6.07) is 10.8. The maximum absolute atomic E-state index is 13.8. The fourth-order valence-corrected chi connectivity index (χ4v) is 5.51. The fraction of sp³-hybridized carbons (Fsp3) is 0.321. The van der Waals surface area contributed by atoms with Gasteiger partial charge in [-0.3, -0.25) is 14.2 Å². The van der Waals surface area contributed by atoms with Gasteiger partial charge in [-0.15, -0.1) is 0 Å². The van der Waals surface area contributed by atoms with Crippen LogP contribution in [-0.4, -0.2) is 45.8 Å². The standard InChI is InChI=1S/C28H31N3O5S/c1-8-20(32)24-16(2)29-28-31(25(24)18-14-21(34-5)26(36-7)22(15-18)35-6)27(33)23(37-28)13-17-9-11-19(12-10-17)30(3)4/h9-15,25H,8H2,1-7H3/b23-13-. The summed E-state index contributed by atoms with van der Waals surface area (Å²) in [5, 5.41) is 0. The van der Waals surface area contributed by atoms with Gasteiger partial charge in [0.05, 0.1) is 31.9 Å². The first-order valence-corrected chi connectivity index (χ1v) is 12.7. The van der Waals surface area contributed by atoms with E-state index < -0.39 is 6.04 Å². The zero-order valence-electron chi connectivity index (χ0n) is 22.1. The average Bonchev–Trinajstić information content (AvgIpc) is 3.20. The molecule has 0 amide bonds. The number of ketones is 1. The molecule has 0 saturated heterocycles. The molecule has 1 unspecified atom stereocenters. The molecule has 4 rings (SSSR count). The number of nitrogens with zero attached hydrogens (tertiary/aromatic N) is 3. The van der Waals surface area contributed by atoms with Gasteiger partial charge in [-0.1, -0.05) is 30.4 Å². The molecular weight excluding hydrogens is 490 g/mol. The lowest BCUT2D eigenvalue weighted by molar-refractivity contribution is -0.115. The Morgan fingerprint density at radius 3 is 2.22 bits per heavy atom. The van der Waals surface area contributed by atoms with Crippen molar-refractivity contribution in [1.82, 2.24) is 4.57 Å². The molecule has 8 nitrogen and oxygen atoms in total. The third-order valence-corrected chi connectivity index (χ3v) is 7.34. The topological polar surface area (TPSA) is 82.4 Å². The van der Waals surface area contributed by atoms with Crippen LogP contribution in [0, 0.1) is 0 Å². The van der Waals surface area contributed by atoms with E-state index in [2.05, 4.69) is 4.99 Å². The number of carbonyl (C=O) groups is 1. The number of fused-ring (bicyclic) bond motifs is 1. The highest BCUT2D eigenvalue weighted by Gasteiger charge is 2.33. The Labute approximate surface area is 219 Å². The Kier molecular flexibility index (Phi) is 7.54. The van der Waals surface area contributed by atoms with Gasteiger partial charge in [0.15, 0.2) is 22.1 Å². The molecule has 1 atom stereocenters. The molecule has 9 heteroatoms. The van der Waals surface area contributed by atoms with Crippen molar-refractivity contribution < 1.29 is 19.0 Å². The van der Waals surface area contributed by atoms with Gasteiger partial charge >= 0.3 is 0 Å². The second kappa shape index (κ2) is 10.6. The molecule has 1 aliphatic heterocycles. The Balaban J connectivity index is 1.97. The number of methoxy groups -OCH3 is 3. The summed E-state index contributed by atoms with van der Waals surface area (Å²) in [6.45, 7) is 3.61. The van der Waals surface area contributed by atoms with Crippen molar-refractivity contribution in [3.8, 4) is 17.2 Å². The fourth-order valence-electron chi connectivity index (χ4n) is 4.46. The largest absolute Gasteiger partial charge is 0.493 e. The predicted octanol–water partition coefficient (Wildman–Crippen LogP) is 3.31. The van der Waals surface area contributed by atoms with E-state index in [1.165, 1.54) is 32.7 Å². The van der Waals surface area contributed by atoms with Gasteiger partial charge in [0.2, 0.25) is 5.75 Å². The Hall–Kier alpha value is -3.85. The van der Waals surface area contributed by atoms with Crippen LogP contribution in [-0.2, 0) is 4.79 Å². The van der Waals surface area contributed by atoms with Crippen molar-refractivity contribution in [2.75, 3.05) is 40.3 Å². The van der Waals surface area contributed by atoms with E-state index in [0.29, 0.717) is 43.4 Å². The van der Waals surface area contributed by atoms with Crippen molar-refractivity contribution in [2.24, 2.45) is 4.99 Å². The number of hydrogen-bond donors (Lipinski definition) is 0. The maximum Gasteiger partial charge on any atom is 0.271 e. The molecule has 0 fully saturated rings. The molecule has 37 heavy (non-hydrogen) atoms. The number of carbonyl (C=O) groups excluding carboxylic acids is 1. The van der Waals surface area contributed by atoms with Crippen LogP contribution in [0.3, 0.4) is 0 Å². The van der Waals surface area contributed by atoms with Gasteiger partial charge in [0.25, 0.3) is 5.56 Å². The highest BCUT2D eigenvalue weighted by molar-refractivity contribution is 7.07. The number of hydrogen-bond acceptors (Lipinski definition) is 8. The molecule has 0 aliphatic carbocycles. The summed E-state index contributed by atoms with van der Waals surface area (Å²) in [5.41, 5.74) is 3.50. The average molecular weight is 522 g/mol. The number of benzene rings is 2. The van der Waals surface area contributed by atoms with E-state index in [9.17, 15) is 9.59 Å².